The molecule has 0 radical (unpaired) electrons. The number of rotatable bonds is 8. The zero-order valence-electron chi connectivity index (χ0n) is 11.2. The van der Waals surface area contributed by atoms with Crippen LogP contribution in [0.5, 0.6) is 5.75 Å². The maximum Gasteiger partial charge on any atom is 0.119 e. The van der Waals surface area contributed by atoms with Gasteiger partial charge in [0.05, 0.1) is 0 Å². The van der Waals surface area contributed by atoms with Crippen molar-refractivity contribution < 1.29 is 9.47 Å². The molecule has 1 aromatic carbocycles. The molecule has 0 atom stereocenters. The molecule has 2 rings (SSSR count). The number of para-hydroxylation sites is 1. The lowest BCUT2D eigenvalue weighted by atomic mass is 10.2. The number of ether oxygens (including phenoxy) is 2. The van der Waals surface area contributed by atoms with E-state index in [9.17, 15) is 0 Å². The highest BCUT2D eigenvalue weighted by molar-refractivity contribution is 5.20. The van der Waals surface area contributed by atoms with Crippen molar-refractivity contribution in [2.45, 2.75) is 12.8 Å². The molecule has 1 aliphatic rings. The first kappa shape index (κ1) is 13.7. The van der Waals surface area contributed by atoms with Gasteiger partial charge < -0.3 is 14.8 Å². The highest BCUT2D eigenvalue weighted by Crippen LogP contribution is 2.10. The molecule has 3 heteroatoms. The summed E-state index contributed by atoms with van der Waals surface area (Å²) in [6.07, 6.45) is 8.54. The van der Waals surface area contributed by atoms with Gasteiger partial charge in [0.25, 0.3) is 0 Å². The van der Waals surface area contributed by atoms with Crippen LogP contribution in [0, 0.1) is 0 Å². The van der Waals surface area contributed by atoms with Crippen LogP contribution >= 0.6 is 0 Å². The van der Waals surface area contributed by atoms with E-state index in [1.165, 1.54) is 0 Å². The van der Waals surface area contributed by atoms with E-state index in [1.54, 1.807) is 0 Å². The topological polar surface area (TPSA) is 30.5 Å². The van der Waals surface area contributed by atoms with Crippen molar-refractivity contribution in [1.82, 2.24) is 5.32 Å². The smallest absolute Gasteiger partial charge is 0.119 e. The van der Waals surface area contributed by atoms with Gasteiger partial charge in [0.1, 0.15) is 24.7 Å². The summed E-state index contributed by atoms with van der Waals surface area (Å²) >= 11 is 0. The normalized spacial score (nSPS) is 14.0. The van der Waals surface area contributed by atoms with E-state index in [2.05, 4.69) is 17.5 Å². The zero-order valence-corrected chi connectivity index (χ0v) is 11.2. The molecule has 0 fully saturated rings. The monoisotopic (exact) mass is 259 g/mol. The predicted molar refractivity (Wildman–Crippen MR) is 77.2 cm³/mol. The summed E-state index contributed by atoms with van der Waals surface area (Å²) in [6.45, 7) is 3.03. The van der Waals surface area contributed by atoms with E-state index in [4.69, 9.17) is 9.47 Å². The summed E-state index contributed by atoms with van der Waals surface area (Å²) in [5.74, 6) is 1.91. The Balaban J connectivity index is 1.46. The Hall–Kier alpha value is -1.74. The molecule has 0 saturated carbocycles. The molecule has 0 aliphatic heterocycles. The van der Waals surface area contributed by atoms with E-state index in [-0.39, 0.29) is 0 Å². The molecule has 0 bridgehead atoms. The second kappa shape index (κ2) is 8.38. The minimum atomic E-state index is 0.673. The van der Waals surface area contributed by atoms with Crippen LogP contribution in [0.3, 0.4) is 0 Å². The SMILES string of the molecule is C1=CC(OCCNCCOc2ccccc2)=CCC1. The van der Waals surface area contributed by atoms with Crippen LogP contribution in [-0.4, -0.2) is 26.3 Å². The third-order valence-electron chi connectivity index (χ3n) is 2.80. The summed E-state index contributed by atoms with van der Waals surface area (Å²) in [4.78, 5) is 0. The maximum absolute atomic E-state index is 5.62. The van der Waals surface area contributed by atoms with Gasteiger partial charge in [0.15, 0.2) is 0 Å². The third-order valence-corrected chi connectivity index (χ3v) is 2.80. The second-order valence-corrected chi connectivity index (χ2v) is 4.35. The van der Waals surface area contributed by atoms with Gasteiger partial charge in [-0.25, -0.2) is 0 Å². The number of hydrogen-bond donors (Lipinski definition) is 1. The van der Waals surface area contributed by atoms with E-state index in [0.29, 0.717) is 13.2 Å². The summed E-state index contributed by atoms with van der Waals surface area (Å²) in [5, 5.41) is 3.29. The van der Waals surface area contributed by atoms with E-state index in [1.807, 2.05) is 36.4 Å². The van der Waals surface area contributed by atoms with Gasteiger partial charge in [-0.05, 0) is 37.1 Å². The largest absolute Gasteiger partial charge is 0.493 e. The highest BCUT2D eigenvalue weighted by Gasteiger charge is 1.97. The number of allylic oxidation sites excluding steroid dienone is 3. The van der Waals surface area contributed by atoms with Crippen molar-refractivity contribution in [2.75, 3.05) is 26.3 Å². The molecule has 0 heterocycles. The fraction of sp³-hybridized carbons (Fsp3) is 0.375. The Bertz CT molecular complexity index is 412. The maximum atomic E-state index is 5.62. The summed E-state index contributed by atoms with van der Waals surface area (Å²) in [5.41, 5.74) is 0. The van der Waals surface area contributed by atoms with Crippen LogP contribution in [0.25, 0.3) is 0 Å². The van der Waals surface area contributed by atoms with Gasteiger partial charge in [-0.15, -0.1) is 0 Å². The predicted octanol–water partition coefficient (Wildman–Crippen LogP) is 2.91. The van der Waals surface area contributed by atoms with Crippen molar-refractivity contribution in [3.05, 3.63) is 54.3 Å². The van der Waals surface area contributed by atoms with Crippen LogP contribution in [0.4, 0.5) is 0 Å². The van der Waals surface area contributed by atoms with Crippen molar-refractivity contribution in [1.29, 1.82) is 0 Å². The van der Waals surface area contributed by atoms with E-state index < -0.39 is 0 Å². The molecule has 102 valence electrons. The average Bonchev–Trinajstić information content (AvgIpc) is 2.48. The van der Waals surface area contributed by atoms with Crippen LogP contribution in [0.2, 0.25) is 0 Å². The standard InChI is InChI=1S/C16H21NO2/c1-3-7-15(8-4-1)18-13-11-17-12-14-19-16-9-5-2-6-10-16/h1,3-5,7-10,17H,2,6,11-14H2. The van der Waals surface area contributed by atoms with Crippen molar-refractivity contribution in [3.63, 3.8) is 0 Å². The molecule has 3 nitrogen and oxygen atoms in total. The van der Waals surface area contributed by atoms with Crippen molar-refractivity contribution >= 4 is 0 Å². The van der Waals surface area contributed by atoms with Gasteiger partial charge in [-0.2, -0.15) is 0 Å². The molecule has 0 unspecified atom stereocenters. The molecule has 0 spiro atoms. The Morgan fingerprint density at radius 1 is 0.947 bits per heavy atom. The molecule has 0 saturated heterocycles. The first-order valence-electron chi connectivity index (χ1n) is 6.83. The molecule has 1 N–H and O–H groups in total. The lowest BCUT2D eigenvalue weighted by Crippen LogP contribution is -2.24. The number of hydrogen-bond acceptors (Lipinski definition) is 3. The lowest BCUT2D eigenvalue weighted by Gasteiger charge is -2.11. The summed E-state index contributed by atoms with van der Waals surface area (Å²) in [6, 6.07) is 9.86. The van der Waals surface area contributed by atoms with Crippen LogP contribution in [-0.2, 0) is 4.74 Å². The number of nitrogens with one attached hydrogen (secondary N) is 1. The molecule has 1 aromatic rings. The van der Waals surface area contributed by atoms with Gasteiger partial charge in [0, 0.05) is 13.1 Å². The Kier molecular flexibility index (Phi) is 6.03. The zero-order chi connectivity index (χ0) is 13.2. The molecule has 0 amide bonds. The molecule has 0 aromatic heterocycles. The van der Waals surface area contributed by atoms with Gasteiger partial charge in [-0.1, -0.05) is 24.3 Å². The first-order valence-corrected chi connectivity index (χ1v) is 6.83. The van der Waals surface area contributed by atoms with Gasteiger partial charge in [0.2, 0.25) is 0 Å². The van der Waals surface area contributed by atoms with Crippen molar-refractivity contribution in [3.8, 4) is 5.75 Å². The van der Waals surface area contributed by atoms with Crippen LogP contribution < -0.4 is 10.1 Å². The number of benzene rings is 1. The molecular formula is C16H21NO2. The summed E-state index contributed by atoms with van der Waals surface area (Å²) in [7, 11) is 0. The fourth-order valence-electron chi connectivity index (χ4n) is 1.82. The third kappa shape index (κ3) is 5.62. The average molecular weight is 259 g/mol. The Morgan fingerprint density at radius 2 is 1.74 bits per heavy atom. The highest BCUT2D eigenvalue weighted by atomic mass is 16.5. The molecule has 1 aliphatic carbocycles. The summed E-state index contributed by atoms with van der Waals surface area (Å²) < 4.78 is 11.2. The minimum Gasteiger partial charge on any atom is -0.493 e. The van der Waals surface area contributed by atoms with Gasteiger partial charge in [-0.3, -0.25) is 0 Å². The van der Waals surface area contributed by atoms with Gasteiger partial charge >= 0.3 is 0 Å². The molecule has 19 heavy (non-hydrogen) atoms. The van der Waals surface area contributed by atoms with E-state index in [0.717, 1.165) is 37.4 Å². The quantitative estimate of drug-likeness (QED) is 0.728. The minimum absolute atomic E-state index is 0.673. The van der Waals surface area contributed by atoms with Crippen LogP contribution in [0.15, 0.2) is 54.3 Å². The lowest BCUT2D eigenvalue weighted by molar-refractivity contribution is 0.218. The van der Waals surface area contributed by atoms with Crippen molar-refractivity contribution in [2.24, 2.45) is 0 Å². The Morgan fingerprint density at radius 3 is 2.47 bits per heavy atom. The molecular weight excluding hydrogens is 238 g/mol. The fourth-order valence-corrected chi connectivity index (χ4v) is 1.82. The van der Waals surface area contributed by atoms with Crippen LogP contribution in [0.1, 0.15) is 12.8 Å². The second-order valence-electron chi connectivity index (χ2n) is 4.35. The Labute approximate surface area is 114 Å². The first-order chi connectivity index (χ1) is 9.45. The van der Waals surface area contributed by atoms with E-state index >= 15 is 0 Å².